The molecule has 31 heavy (non-hydrogen) atoms. The summed E-state index contributed by atoms with van der Waals surface area (Å²) < 4.78 is 35.3. The Labute approximate surface area is 182 Å². The van der Waals surface area contributed by atoms with E-state index in [0.717, 1.165) is 6.42 Å². The van der Waals surface area contributed by atoms with Gasteiger partial charge in [0.2, 0.25) is 0 Å². The maximum atomic E-state index is 12.5. The van der Waals surface area contributed by atoms with Crippen LogP contribution >= 0.6 is 0 Å². The van der Waals surface area contributed by atoms with Gasteiger partial charge in [-0.25, -0.2) is 13.4 Å². The molecule has 1 N–H and O–H groups in total. The lowest BCUT2D eigenvalue weighted by Crippen LogP contribution is -2.13. The highest BCUT2D eigenvalue weighted by Crippen LogP contribution is 2.33. The molecule has 0 aliphatic heterocycles. The smallest absolute Gasteiger partial charge is 0.310 e. The van der Waals surface area contributed by atoms with E-state index in [0.29, 0.717) is 23.3 Å². The summed E-state index contributed by atoms with van der Waals surface area (Å²) in [5.74, 6) is -0.489. The molecule has 0 unspecified atom stereocenters. The number of hydrogen-bond acceptors (Lipinski definition) is 8. The molecule has 0 aliphatic rings. The van der Waals surface area contributed by atoms with E-state index >= 15 is 0 Å². The van der Waals surface area contributed by atoms with Crippen LogP contribution in [0, 0.1) is 0 Å². The number of sulfone groups is 1. The number of ether oxygens (including phenoxy) is 2. The number of pyridine rings is 1. The fourth-order valence-electron chi connectivity index (χ4n) is 3.00. The first-order chi connectivity index (χ1) is 14.7. The molecule has 0 fully saturated rings. The average molecular weight is 450 g/mol. The number of esters is 1. The van der Waals surface area contributed by atoms with Crippen molar-refractivity contribution in [2.45, 2.75) is 44.6 Å². The van der Waals surface area contributed by atoms with Crippen molar-refractivity contribution < 1.29 is 32.6 Å². The molecule has 168 valence electrons. The molecule has 0 saturated carbocycles. The second-order valence-corrected chi connectivity index (χ2v) is 9.08. The highest BCUT2D eigenvalue weighted by Gasteiger charge is 2.18. The second-order valence-electron chi connectivity index (χ2n) is 7.02. The Balaban J connectivity index is 1.99. The van der Waals surface area contributed by atoms with Gasteiger partial charge in [-0.1, -0.05) is 19.4 Å². The summed E-state index contributed by atoms with van der Waals surface area (Å²) in [4.78, 5) is 26.9. The predicted molar refractivity (Wildman–Crippen MR) is 114 cm³/mol. The summed E-state index contributed by atoms with van der Waals surface area (Å²) in [6.45, 7) is 3.45. The number of Topliss-reactive ketones (excluding diaryl/α,β-unsaturated/α-hetero) is 1. The van der Waals surface area contributed by atoms with Crippen LogP contribution in [0.3, 0.4) is 0 Å². The summed E-state index contributed by atoms with van der Waals surface area (Å²) in [6.07, 6.45) is 2.86. The molecule has 2 rings (SSSR count). The molecular formula is C22H27NO7S. The van der Waals surface area contributed by atoms with Gasteiger partial charge in [-0.2, -0.15) is 0 Å². The number of aromatic nitrogens is 1. The summed E-state index contributed by atoms with van der Waals surface area (Å²) in [5.41, 5.74) is 1.34. The van der Waals surface area contributed by atoms with Crippen LogP contribution in [0.25, 0.3) is 0 Å². The number of methoxy groups -OCH3 is 1. The summed E-state index contributed by atoms with van der Waals surface area (Å²) in [7, 11) is -2.33. The molecule has 1 heterocycles. The molecule has 0 spiro atoms. The Hall–Kier alpha value is -2.94. The highest BCUT2D eigenvalue weighted by molar-refractivity contribution is 7.91. The van der Waals surface area contributed by atoms with Crippen molar-refractivity contribution in [3.8, 4) is 11.5 Å². The molecule has 1 aromatic carbocycles. The number of aromatic hydroxyl groups is 1. The van der Waals surface area contributed by atoms with Gasteiger partial charge in [-0.15, -0.1) is 0 Å². The number of ketones is 1. The number of phenolic OH excluding ortho intramolecular Hbond substituents is 1. The zero-order valence-electron chi connectivity index (χ0n) is 17.9. The van der Waals surface area contributed by atoms with Crippen molar-refractivity contribution in [1.82, 2.24) is 4.98 Å². The number of carbonyl (C=O) groups excluding carboxylic acids is 2. The van der Waals surface area contributed by atoms with Crippen LogP contribution < -0.4 is 4.74 Å². The molecule has 0 radical (unpaired) electrons. The van der Waals surface area contributed by atoms with E-state index < -0.39 is 15.8 Å². The van der Waals surface area contributed by atoms with Gasteiger partial charge in [0.1, 0.15) is 11.5 Å². The van der Waals surface area contributed by atoms with Crippen molar-refractivity contribution in [3.05, 3.63) is 47.2 Å². The molecule has 9 heteroatoms. The predicted octanol–water partition coefficient (Wildman–Crippen LogP) is 2.90. The van der Waals surface area contributed by atoms with E-state index in [9.17, 15) is 23.1 Å². The topological polar surface area (TPSA) is 120 Å². The molecule has 0 bridgehead atoms. The van der Waals surface area contributed by atoms with Crippen LogP contribution in [0.4, 0.5) is 0 Å². The lowest BCUT2D eigenvalue weighted by atomic mass is 10.0. The van der Waals surface area contributed by atoms with Gasteiger partial charge in [0.05, 0.1) is 31.5 Å². The number of hydrogen-bond donors (Lipinski definition) is 1. The van der Waals surface area contributed by atoms with Gasteiger partial charge < -0.3 is 14.6 Å². The third-order valence-electron chi connectivity index (χ3n) is 4.63. The molecule has 1 aromatic heterocycles. The quantitative estimate of drug-likeness (QED) is 0.316. The molecule has 8 nitrogen and oxygen atoms in total. The summed E-state index contributed by atoms with van der Waals surface area (Å²) in [6, 6.07) is 6.02. The molecule has 0 amide bonds. The molecule has 2 aromatic rings. The van der Waals surface area contributed by atoms with Crippen molar-refractivity contribution in [2.24, 2.45) is 0 Å². The Morgan fingerprint density at radius 1 is 1.16 bits per heavy atom. The van der Waals surface area contributed by atoms with Crippen LogP contribution in [0.2, 0.25) is 0 Å². The Morgan fingerprint density at radius 3 is 2.48 bits per heavy atom. The first kappa shape index (κ1) is 24.3. The van der Waals surface area contributed by atoms with Crippen molar-refractivity contribution >= 4 is 21.6 Å². The van der Waals surface area contributed by atoms with Crippen LogP contribution in [-0.2, 0) is 32.2 Å². The van der Waals surface area contributed by atoms with Gasteiger partial charge >= 0.3 is 5.97 Å². The normalized spacial score (nSPS) is 11.2. The van der Waals surface area contributed by atoms with E-state index in [1.807, 2.05) is 6.92 Å². The SMILES string of the molecule is CCCc1c(OCCCS(=O)(=O)c2ccc(CC(=O)OC)cn2)ccc(C(C)=O)c1O. The second kappa shape index (κ2) is 10.9. The van der Waals surface area contributed by atoms with Gasteiger partial charge in [-0.05, 0) is 43.5 Å². The van der Waals surface area contributed by atoms with E-state index in [1.54, 1.807) is 6.07 Å². The Morgan fingerprint density at radius 2 is 1.90 bits per heavy atom. The van der Waals surface area contributed by atoms with Crippen LogP contribution in [0.5, 0.6) is 11.5 Å². The van der Waals surface area contributed by atoms with E-state index in [1.165, 1.54) is 38.4 Å². The lowest BCUT2D eigenvalue weighted by Gasteiger charge is -2.14. The minimum atomic E-state index is -3.61. The third-order valence-corrected chi connectivity index (χ3v) is 6.33. The Kier molecular flexibility index (Phi) is 8.56. The van der Waals surface area contributed by atoms with Gasteiger partial charge in [0.25, 0.3) is 0 Å². The van der Waals surface area contributed by atoms with E-state index in [2.05, 4.69) is 9.72 Å². The molecule has 0 aliphatic carbocycles. The van der Waals surface area contributed by atoms with Crippen molar-refractivity contribution in [3.63, 3.8) is 0 Å². The molecular weight excluding hydrogens is 422 g/mol. The Bertz CT molecular complexity index is 1030. The van der Waals surface area contributed by atoms with Gasteiger partial charge in [-0.3, -0.25) is 9.59 Å². The number of carbonyl (C=O) groups is 2. The van der Waals surface area contributed by atoms with E-state index in [4.69, 9.17) is 4.74 Å². The maximum Gasteiger partial charge on any atom is 0.310 e. The first-order valence-electron chi connectivity index (χ1n) is 9.92. The zero-order chi connectivity index (χ0) is 23.0. The lowest BCUT2D eigenvalue weighted by molar-refractivity contribution is -0.139. The molecule has 0 saturated heterocycles. The minimum absolute atomic E-state index is 0.0209. The minimum Gasteiger partial charge on any atom is -0.507 e. The van der Waals surface area contributed by atoms with Crippen LogP contribution in [0.15, 0.2) is 35.5 Å². The fourth-order valence-corrected chi connectivity index (χ4v) is 4.20. The zero-order valence-corrected chi connectivity index (χ0v) is 18.7. The monoisotopic (exact) mass is 449 g/mol. The van der Waals surface area contributed by atoms with Crippen LogP contribution in [0.1, 0.15) is 48.2 Å². The number of phenols is 1. The van der Waals surface area contributed by atoms with Crippen LogP contribution in [-0.4, -0.2) is 49.7 Å². The number of nitrogens with zero attached hydrogens (tertiary/aromatic N) is 1. The largest absolute Gasteiger partial charge is 0.507 e. The van der Waals surface area contributed by atoms with Gasteiger partial charge in [0.15, 0.2) is 20.6 Å². The number of benzene rings is 1. The van der Waals surface area contributed by atoms with Crippen molar-refractivity contribution in [2.75, 3.05) is 19.5 Å². The first-order valence-corrected chi connectivity index (χ1v) is 11.6. The average Bonchev–Trinajstić information content (AvgIpc) is 2.73. The molecule has 0 atom stereocenters. The fraction of sp³-hybridized carbons (Fsp3) is 0.409. The van der Waals surface area contributed by atoms with Crippen molar-refractivity contribution in [1.29, 1.82) is 0 Å². The number of rotatable bonds is 11. The summed E-state index contributed by atoms with van der Waals surface area (Å²) in [5, 5.41) is 10.3. The maximum absolute atomic E-state index is 12.5. The summed E-state index contributed by atoms with van der Waals surface area (Å²) >= 11 is 0. The highest BCUT2D eigenvalue weighted by atomic mass is 32.2. The standard InChI is InChI=1S/C22H27NO7S/c1-4-6-18-19(9-8-17(15(2)24)22(18)26)30-11-5-12-31(27,28)20-10-7-16(14-23-20)13-21(25)29-3/h7-10,14,26H,4-6,11-13H2,1-3H3. The third kappa shape index (κ3) is 6.52. The van der Waals surface area contributed by atoms with Gasteiger partial charge in [0, 0.05) is 11.8 Å². The van der Waals surface area contributed by atoms with E-state index in [-0.39, 0.29) is 47.3 Å².